The highest BCUT2D eigenvalue weighted by Crippen LogP contribution is 2.13. The molecule has 2 heterocycles. The van der Waals surface area contributed by atoms with E-state index in [4.69, 9.17) is 10.5 Å². The van der Waals surface area contributed by atoms with Crippen LogP contribution in [0.25, 0.3) is 0 Å². The second kappa shape index (κ2) is 3.57. The zero-order chi connectivity index (χ0) is 9.97. The Kier molecular flexibility index (Phi) is 2.26. The van der Waals surface area contributed by atoms with Crippen LogP contribution in [-0.4, -0.2) is 34.3 Å². The van der Waals surface area contributed by atoms with Crippen molar-refractivity contribution < 1.29 is 9.53 Å². The molecule has 1 aliphatic heterocycles. The van der Waals surface area contributed by atoms with Gasteiger partial charge < -0.3 is 15.4 Å². The number of hydrogen-bond acceptors (Lipinski definition) is 4. The van der Waals surface area contributed by atoms with Crippen molar-refractivity contribution in [2.75, 3.05) is 18.9 Å². The monoisotopic (exact) mass is 196 g/mol. The SMILES string of the molecule is Nc1[nH]ncc1CN1CCCOC1=O. The van der Waals surface area contributed by atoms with Crippen LogP contribution in [0.2, 0.25) is 0 Å². The molecule has 0 radical (unpaired) electrons. The number of anilines is 1. The quantitative estimate of drug-likeness (QED) is 0.714. The zero-order valence-electron chi connectivity index (χ0n) is 7.69. The molecule has 0 spiro atoms. The third kappa shape index (κ3) is 1.63. The number of aromatic amines is 1. The lowest BCUT2D eigenvalue weighted by Gasteiger charge is -2.25. The van der Waals surface area contributed by atoms with Crippen LogP contribution in [0.3, 0.4) is 0 Å². The van der Waals surface area contributed by atoms with Gasteiger partial charge in [0, 0.05) is 12.1 Å². The average molecular weight is 196 g/mol. The summed E-state index contributed by atoms with van der Waals surface area (Å²) in [5, 5.41) is 6.41. The van der Waals surface area contributed by atoms with E-state index in [9.17, 15) is 4.79 Å². The Balaban J connectivity index is 2.03. The fourth-order valence-corrected chi connectivity index (χ4v) is 1.39. The largest absolute Gasteiger partial charge is 0.449 e. The second-order valence-corrected chi connectivity index (χ2v) is 3.20. The maximum absolute atomic E-state index is 11.3. The molecule has 14 heavy (non-hydrogen) atoms. The number of nitrogens with two attached hydrogens (primary N) is 1. The lowest BCUT2D eigenvalue weighted by atomic mass is 10.3. The first-order valence-electron chi connectivity index (χ1n) is 4.47. The Bertz CT molecular complexity index is 336. The molecule has 0 aromatic carbocycles. The summed E-state index contributed by atoms with van der Waals surface area (Å²) >= 11 is 0. The van der Waals surface area contributed by atoms with Crippen LogP contribution in [0.1, 0.15) is 12.0 Å². The molecule has 1 saturated heterocycles. The molecule has 6 nitrogen and oxygen atoms in total. The van der Waals surface area contributed by atoms with Crippen molar-refractivity contribution in [3.63, 3.8) is 0 Å². The summed E-state index contributed by atoms with van der Waals surface area (Å²) in [6, 6.07) is 0. The predicted molar refractivity (Wildman–Crippen MR) is 49.4 cm³/mol. The Morgan fingerprint density at radius 1 is 1.71 bits per heavy atom. The highest BCUT2D eigenvalue weighted by molar-refractivity contribution is 5.68. The minimum absolute atomic E-state index is 0.281. The van der Waals surface area contributed by atoms with E-state index < -0.39 is 0 Å². The lowest BCUT2D eigenvalue weighted by molar-refractivity contribution is 0.0701. The molecule has 0 atom stereocenters. The first kappa shape index (κ1) is 8.86. The van der Waals surface area contributed by atoms with Gasteiger partial charge in [0.05, 0.1) is 19.3 Å². The van der Waals surface area contributed by atoms with Crippen molar-refractivity contribution in [3.05, 3.63) is 11.8 Å². The molecule has 6 heteroatoms. The molecule has 0 saturated carbocycles. The van der Waals surface area contributed by atoms with Crippen LogP contribution in [0, 0.1) is 0 Å². The molecular formula is C8H12N4O2. The van der Waals surface area contributed by atoms with Gasteiger partial charge in [-0.3, -0.25) is 5.10 Å². The van der Waals surface area contributed by atoms with Crippen molar-refractivity contribution in [2.24, 2.45) is 0 Å². The van der Waals surface area contributed by atoms with Gasteiger partial charge >= 0.3 is 6.09 Å². The molecule has 76 valence electrons. The van der Waals surface area contributed by atoms with Crippen molar-refractivity contribution >= 4 is 11.9 Å². The molecule has 1 aromatic heterocycles. The molecule has 2 rings (SSSR count). The van der Waals surface area contributed by atoms with E-state index in [1.54, 1.807) is 11.1 Å². The summed E-state index contributed by atoms with van der Waals surface area (Å²) in [7, 11) is 0. The topological polar surface area (TPSA) is 84.2 Å². The van der Waals surface area contributed by atoms with Crippen LogP contribution >= 0.6 is 0 Å². The molecule has 0 aliphatic carbocycles. The number of carbonyl (C=O) groups excluding carboxylic acids is 1. The van der Waals surface area contributed by atoms with Crippen molar-refractivity contribution in [1.29, 1.82) is 0 Å². The molecule has 0 unspecified atom stereocenters. The van der Waals surface area contributed by atoms with E-state index in [0.717, 1.165) is 12.0 Å². The van der Waals surface area contributed by atoms with Crippen LogP contribution in [-0.2, 0) is 11.3 Å². The fraction of sp³-hybridized carbons (Fsp3) is 0.500. The van der Waals surface area contributed by atoms with Crippen LogP contribution < -0.4 is 5.73 Å². The van der Waals surface area contributed by atoms with Crippen LogP contribution in [0.5, 0.6) is 0 Å². The van der Waals surface area contributed by atoms with Crippen molar-refractivity contribution in [1.82, 2.24) is 15.1 Å². The van der Waals surface area contributed by atoms with E-state index in [0.29, 0.717) is 25.5 Å². The van der Waals surface area contributed by atoms with E-state index in [1.165, 1.54) is 0 Å². The summed E-state index contributed by atoms with van der Waals surface area (Å²) in [6.45, 7) is 1.68. The van der Waals surface area contributed by atoms with Gasteiger partial charge in [-0.2, -0.15) is 5.10 Å². The number of rotatable bonds is 2. The number of nitrogens with one attached hydrogen (secondary N) is 1. The van der Waals surface area contributed by atoms with Gasteiger partial charge in [-0.05, 0) is 6.42 Å². The first-order valence-corrected chi connectivity index (χ1v) is 4.47. The van der Waals surface area contributed by atoms with Gasteiger partial charge in [-0.25, -0.2) is 4.79 Å². The fourth-order valence-electron chi connectivity index (χ4n) is 1.39. The summed E-state index contributed by atoms with van der Waals surface area (Å²) in [4.78, 5) is 12.9. The third-order valence-corrected chi connectivity index (χ3v) is 2.17. The van der Waals surface area contributed by atoms with Gasteiger partial charge in [0.25, 0.3) is 0 Å². The number of hydrogen-bond donors (Lipinski definition) is 2. The number of carbonyl (C=O) groups is 1. The predicted octanol–water partition coefficient (Wildman–Crippen LogP) is 0.334. The maximum Gasteiger partial charge on any atom is 0.410 e. The average Bonchev–Trinajstić information content (AvgIpc) is 2.56. The maximum atomic E-state index is 11.3. The Morgan fingerprint density at radius 3 is 3.21 bits per heavy atom. The number of H-pyrrole nitrogens is 1. The van der Waals surface area contributed by atoms with Gasteiger partial charge in [0.2, 0.25) is 0 Å². The lowest BCUT2D eigenvalue weighted by Crippen LogP contribution is -2.37. The van der Waals surface area contributed by atoms with E-state index in [-0.39, 0.29) is 6.09 Å². The standard InChI is InChI=1S/C8H12N4O2/c9-7-6(4-10-11-7)5-12-2-1-3-14-8(12)13/h4H,1-3,5H2,(H3,9,10,11). The minimum atomic E-state index is -0.281. The first-order chi connectivity index (χ1) is 6.77. The molecule has 1 aromatic rings. The zero-order valence-corrected chi connectivity index (χ0v) is 7.69. The molecule has 1 fully saturated rings. The minimum Gasteiger partial charge on any atom is -0.449 e. The molecule has 1 aliphatic rings. The van der Waals surface area contributed by atoms with E-state index in [2.05, 4.69) is 10.2 Å². The Morgan fingerprint density at radius 2 is 2.57 bits per heavy atom. The van der Waals surface area contributed by atoms with Crippen LogP contribution in [0.4, 0.5) is 10.6 Å². The third-order valence-electron chi connectivity index (χ3n) is 2.17. The van der Waals surface area contributed by atoms with Crippen molar-refractivity contribution in [2.45, 2.75) is 13.0 Å². The summed E-state index contributed by atoms with van der Waals surface area (Å²) in [6.07, 6.45) is 2.21. The molecular weight excluding hydrogens is 184 g/mol. The van der Waals surface area contributed by atoms with Gasteiger partial charge in [-0.15, -0.1) is 0 Å². The molecule has 0 bridgehead atoms. The van der Waals surface area contributed by atoms with Crippen LogP contribution in [0.15, 0.2) is 6.20 Å². The number of cyclic esters (lactones) is 1. The molecule has 1 amide bonds. The number of nitrogen functional groups attached to an aromatic ring is 1. The highest BCUT2D eigenvalue weighted by Gasteiger charge is 2.20. The van der Waals surface area contributed by atoms with Gasteiger partial charge in [0.15, 0.2) is 0 Å². The number of amides is 1. The van der Waals surface area contributed by atoms with Gasteiger partial charge in [-0.1, -0.05) is 0 Å². The summed E-state index contributed by atoms with van der Waals surface area (Å²) in [5.41, 5.74) is 6.43. The number of ether oxygens (including phenoxy) is 1. The Labute approximate surface area is 81.0 Å². The number of nitrogens with zero attached hydrogens (tertiary/aromatic N) is 2. The normalized spacial score (nSPS) is 16.9. The summed E-state index contributed by atoms with van der Waals surface area (Å²) < 4.78 is 4.89. The molecule has 3 N–H and O–H groups in total. The Hall–Kier alpha value is -1.72. The summed E-state index contributed by atoms with van der Waals surface area (Å²) in [5.74, 6) is 0.503. The second-order valence-electron chi connectivity index (χ2n) is 3.20. The van der Waals surface area contributed by atoms with Gasteiger partial charge in [0.1, 0.15) is 5.82 Å². The van der Waals surface area contributed by atoms with E-state index >= 15 is 0 Å². The number of aromatic nitrogens is 2. The van der Waals surface area contributed by atoms with Crippen molar-refractivity contribution in [3.8, 4) is 0 Å². The highest BCUT2D eigenvalue weighted by atomic mass is 16.6. The smallest absolute Gasteiger partial charge is 0.410 e. The van der Waals surface area contributed by atoms with E-state index in [1.807, 2.05) is 0 Å².